The first-order chi connectivity index (χ1) is 4.34. The summed E-state index contributed by atoms with van der Waals surface area (Å²) in [4.78, 5) is 0. The van der Waals surface area contributed by atoms with Crippen molar-refractivity contribution in [1.82, 2.24) is 0 Å². The van der Waals surface area contributed by atoms with Crippen LogP contribution in [0.15, 0.2) is 42.0 Å². The lowest BCUT2D eigenvalue weighted by molar-refractivity contribution is 0.554. The molecule has 0 aliphatic carbocycles. The summed E-state index contributed by atoms with van der Waals surface area (Å²) in [5.41, 5.74) is 0.819. The molecule has 0 saturated carbocycles. The summed E-state index contributed by atoms with van der Waals surface area (Å²) in [6.07, 6.45) is 3.28. The summed E-state index contributed by atoms with van der Waals surface area (Å²) in [6.45, 7) is 7.26. The van der Waals surface area contributed by atoms with Crippen LogP contribution >= 0.6 is 0 Å². The first-order valence-corrected chi connectivity index (χ1v) is 2.70. The Morgan fingerprint density at radius 1 is 1.67 bits per heavy atom. The molecule has 0 aliphatic heterocycles. The highest BCUT2D eigenvalue weighted by Gasteiger charge is 1.93. The van der Waals surface area contributed by atoms with Crippen LogP contribution in [0.25, 0.3) is 5.57 Å². The maximum absolute atomic E-state index is 5.02. The van der Waals surface area contributed by atoms with Crippen molar-refractivity contribution < 1.29 is 4.42 Å². The van der Waals surface area contributed by atoms with Crippen LogP contribution in [0.5, 0.6) is 0 Å². The number of hydrogen-bond acceptors (Lipinski definition) is 1. The lowest BCUT2D eigenvalue weighted by Gasteiger charge is -1.88. The standard InChI is InChI=1S/C8H8O/c1-3-7(2)8-5-4-6-9-8/h3-6H,1-2H2. The fraction of sp³-hybridized carbons (Fsp3) is 0. The number of furan rings is 1. The van der Waals surface area contributed by atoms with Crippen LogP contribution < -0.4 is 0 Å². The van der Waals surface area contributed by atoms with E-state index in [-0.39, 0.29) is 0 Å². The summed E-state index contributed by atoms with van der Waals surface area (Å²) < 4.78 is 5.02. The highest BCUT2D eigenvalue weighted by Crippen LogP contribution is 2.11. The fourth-order valence-electron chi connectivity index (χ4n) is 0.562. The zero-order valence-electron chi connectivity index (χ0n) is 5.13. The van der Waals surface area contributed by atoms with Crippen LogP contribution in [-0.2, 0) is 0 Å². The maximum Gasteiger partial charge on any atom is 0.133 e. The Labute approximate surface area is 54.3 Å². The van der Waals surface area contributed by atoms with Gasteiger partial charge in [0.2, 0.25) is 0 Å². The van der Waals surface area contributed by atoms with E-state index >= 15 is 0 Å². The van der Waals surface area contributed by atoms with Crippen molar-refractivity contribution in [2.24, 2.45) is 0 Å². The molecular weight excluding hydrogens is 112 g/mol. The van der Waals surface area contributed by atoms with E-state index in [0.717, 1.165) is 11.3 Å². The predicted molar refractivity (Wildman–Crippen MR) is 37.9 cm³/mol. The monoisotopic (exact) mass is 120 g/mol. The van der Waals surface area contributed by atoms with Crippen LogP contribution in [0.3, 0.4) is 0 Å². The summed E-state index contributed by atoms with van der Waals surface area (Å²) >= 11 is 0. The Morgan fingerprint density at radius 3 is 2.89 bits per heavy atom. The van der Waals surface area contributed by atoms with E-state index in [9.17, 15) is 0 Å². The molecule has 0 unspecified atom stereocenters. The van der Waals surface area contributed by atoms with Crippen molar-refractivity contribution in [3.8, 4) is 0 Å². The number of allylic oxidation sites excluding steroid dienone is 2. The molecule has 0 bridgehead atoms. The maximum atomic E-state index is 5.02. The Balaban J connectivity index is 2.89. The molecule has 0 atom stereocenters. The molecule has 0 spiro atoms. The zero-order valence-corrected chi connectivity index (χ0v) is 5.13. The number of rotatable bonds is 2. The van der Waals surface area contributed by atoms with Crippen LogP contribution in [-0.4, -0.2) is 0 Å². The minimum Gasteiger partial charge on any atom is -0.464 e. The molecule has 0 aliphatic rings. The van der Waals surface area contributed by atoms with Crippen LogP contribution in [0.2, 0.25) is 0 Å². The molecule has 0 aromatic carbocycles. The van der Waals surface area contributed by atoms with Crippen LogP contribution in [0, 0.1) is 0 Å². The van der Waals surface area contributed by atoms with Gasteiger partial charge in [-0.15, -0.1) is 0 Å². The van der Waals surface area contributed by atoms with Crippen molar-refractivity contribution in [1.29, 1.82) is 0 Å². The first kappa shape index (κ1) is 5.89. The molecule has 1 nitrogen and oxygen atoms in total. The Morgan fingerprint density at radius 2 is 2.44 bits per heavy atom. The molecule has 1 aromatic heterocycles. The Bertz CT molecular complexity index is 206. The van der Waals surface area contributed by atoms with Gasteiger partial charge in [-0.3, -0.25) is 0 Å². The lowest BCUT2D eigenvalue weighted by atomic mass is 10.2. The van der Waals surface area contributed by atoms with Gasteiger partial charge in [0, 0.05) is 5.57 Å². The topological polar surface area (TPSA) is 13.1 Å². The van der Waals surface area contributed by atoms with Gasteiger partial charge in [-0.2, -0.15) is 0 Å². The molecule has 0 amide bonds. The second kappa shape index (κ2) is 2.35. The first-order valence-electron chi connectivity index (χ1n) is 2.70. The minimum absolute atomic E-state index is 0.782. The van der Waals surface area contributed by atoms with Gasteiger partial charge in [0.05, 0.1) is 6.26 Å². The quantitative estimate of drug-likeness (QED) is 0.546. The molecule has 0 radical (unpaired) electrons. The van der Waals surface area contributed by atoms with Crippen LogP contribution in [0.4, 0.5) is 0 Å². The molecule has 0 fully saturated rings. The molecule has 9 heavy (non-hydrogen) atoms. The smallest absolute Gasteiger partial charge is 0.133 e. The van der Waals surface area contributed by atoms with Crippen molar-refractivity contribution in [3.63, 3.8) is 0 Å². The van der Waals surface area contributed by atoms with Gasteiger partial charge in [0.1, 0.15) is 5.76 Å². The molecule has 1 aromatic rings. The predicted octanol–water partition coefficient (Wildman–Crippen LogP) is 2.48. The van der Waals surface area contributed by atoms with E-state index in [2.05, 4.69) is 13.2 Å². The largest absolute Gasteiger partial charge is 0.464 e. The summed E-state index contributed by atoms with van der Waals surface area (Å²) in [6, 6.07) is 3.67. The molecule has 1 heterocycles. The van der Waals surface area contributed by atoms with E-state index < -0.39 is 0 Å². The van der Waals surface area contributed by atoms with Crippen molar-refractivity contribution in [2.75, 3.05) is 0 Å². The summed E-state index contributed by atoms with van der Waals surface area (Å²) in [7, 11) is 0. The van der Waals surface area contributed by atoms with Crippen LogP contribution in [0.1, 0.15) is 5.76 Å². The number of hydrogen-bond donors (Lipinski definition) is 0. The van der Waals surface area contributed by atoms with Gasteiger partial charge in [0.25, 0.3) is 0 Å². The fourth-order valence-corrected chi connectivity index (χ4v) is 0.562. The van der Waals surface area contributed by atoms with E-state index in [1.165, 1.54) is 0 Å². The molecule has 1 rings (SSSR count). The zero-order chi connectivity index (χ0) is 6.69. The average molecular weight is 120 g/mol. The molecular formula is C8H8O. The summed E-state index contributed by atoms with van der Waals surface area (Å²) in [5, 5.41) is 0. The molecule has 46 valence electrons. The van der Waals surface area contributed by atoms with Gasteiger partial charge in [-0.25, -0.2) is 0 Å². The second-order valence-electron chi connectivity index (χ2n) is 1.71. The SMILES string of the molecule is C=CC(=C)c1ccco1. The van der Waals surface area contributed by atoms with Gasteiger partial charge in [-0.05, 0) is 12.1 Å². The Kier molecular flexibility index (Phi) is 1.54. The van der Waals surface area contributed by atoms with Gasteiger partial charge in [0.15, 0.2) is 0 Å². The Hall–Kier alpha value is -1.24. The van der Waals surface area contributed by atoms with Crippen molar-refractivity contribution >= 4 is 5.57 Å². The highest BCUT2D eigenvalue weighted by atomic mass is 16.3. The summed E-state index contributed by atoms with van der Waals surface area (Å²) in [5.74, 6) is 0.782. The molecule has 0 saturated heterocycles. The van der Waals surface area contributed by atoms with Gasteiger partial charge >= 0.3 is 0 Å². The lowest BCUT2D eigenvalue weighted by Crippen LogP contribution is -1.68. The van der Waals surface area contributed by atoms with E-state index in [1.54, 1.807) is 12.3 Å². The van der Waals surface area contributed by atoms with Gasteiger partial charge < -0.3 is 4.42 Å². The van der Waals surface area contributed by atoms with E-state index in [1.807, 2.05) is 12.1 Å². The van der Waals surface area contributed by atoms with Crippen molar-refractivity contribution in [3.05, 3.63) is 43.4 Å². The molecule has 1 heteroatoms. The molecule has 0 N–H and O–H groups in total. The van der Waals surface area contributed by atoms with E-state index in [0.29, 0.717) is 0 Å². The van der Waals surface area contributed by atoms with Crippen molar-refractivity contribution in [2.45, 2.75) is 0 Å². The minimum atomic E-state index is 0.782. The van der Waals surface area contributed by atoms with E-state index in [4.69, 9.17) is 4.42 Å². The van der Waals surface area contributed by atoms with Gasteiger partial charge in [-0.1, -0.05) is 19.2 Å². The third-order valence-electron chi connectivity index (χ3n) is 1.08. The normalized spacial score (nSPS) is 8.89. The second-order valence-corrected chi connectivity index (χ2v) is 1.71. The third kappa shape index (κ3) is 1.11. The highest BCUT2D eigenvalue weighted by molar-refractivity contribution is 5.67. The average Bonchev–Trinajstić information content (AvgIpc) is 2.37. The third-order valence-corrected chi connectivity index (χ3v) is 1.08.